The van der Waals surface area contributed by atoms with E-state index in [1.807, 2.05) is 20.8 Å². The minimum atomic E-state index is -1.11. The monoisotopic (exact) mass is 414 g/mol. The Hall–Kier alpha value is 1.11. The molecule has 2 atom stereocenters. The predicted molar refractivity (Wildman–Crippen MR) is 109 cm³/mol. The summed E-state index contributed by atoms with van der Waals surface area (Å²) in [7, 11) is 0. The second-order valence-electron chi connectivity index (χ2n) is 4.91. The van der Waals surface area contributed by atoms with Crippen LogP contribution in [-0.4, -0.2) is 101 Å². The average Bonchev–Trinajstić information content (AvgIpc) is 2.39. The first-order valence-corrected chi connectivity index (χ1v) is 8.10. The summed E-state index contributed by atoms with van der Waals surface area (Å²) >= 11 is 8.12. The molecule has 0 aromatic heterocycles. The summed E-state index contributed by atoms with van der Waals surface area (Å²) in [5.41, 5.74) is -1.11. The van der Waals surface area contributed by atoms with E-state index in [1.54, 1.807) is 6.92 Å². The normalized spacial score (nSPS) is 20.1. The van der Waals surface area contributed by atoms with Crippen molar-refractivity contribution in [2.45, 2.75) is 47.0 Å². The van der Waals surface area contributed by atoms with E-state index >= 15 is 0 Å². The maximum absolute atomic E-state index is 11.9. The number of thiocarbonyl (C=S) groups is 1. The van der Waals surface area contributed by atoms with Crippen molar-refractivity contribution in [2.24, 2.45) is 16.3 Å². The molecule has 10 heteroatoms. The molecule has 0 aromatic rings. The first-order valence-electron chi connectivity index (χ1n) is 7.25. The number of aliphatic hydroxyl groups excluding tert-OH is 1. The van der Waals surface area contributed by atoms with Crippen molar-refractivity contribution in [3.8, 4) is 0 Å². The Bertz CT molecular complexity index is 466. The number of hydrogen-bond acceptors (Lipinski definition) is 4. The molecule has 2 N–H and O–H groups in total. The zero-order valence-corrected chi connectivity index (χ0v) is 15.1. The number of amides is 2. The van der Waals surface area contributed by atoms with Gasteiger partial charge in [0.1, 0.15) is 5.41 Å². The average molecular weight is 415 g/mol. The van der Waals surface area contributed by atoms with E-state index < -0.39 is 23.3 Å². The molecule has 0 spiro atoms. The maximum atomic E-state index is 11.9. The van der Waals surface area contributed by atoms with Gasteiger partial charge in [-0.3, -0.25) is 14.9 Å². The van der Waals surface area contributed by atoms with Crippen molar-refractivity contribution in [1.82, 2.24) is 5.32 Å². The van der Waals surface area contributed by atoms with Crippen LogP contribution in [-0.2, 0) is 14.3 Å². The molecule has 2 amide bonds. The van der Waals surface area contributed by atoms with Gasteiger partial charge >= 0.3 is 67.3 Å². The van der Waals surface area contributed by atoms with E-state index in [-0.39, 0.29) is 73.2 Å². The number of carbonyl (C=O) groups excluding carboxylic acids is 2. The SMILES string of the molecule is CCCC(C)C1(CC)C(=O)N=C(O)NC1=O.CCOC(=S)S.[CaH2].[NaH]. The van der Waals surface area contributed by atoms with Gasteiger partial charge in [-0.2, -0.15) is 4.99 Å². The second-order valence-corrected chi connectivity index (χ2v) is 5.99. The van der Waals surface area contributed by atoms with Crippen LogP contribution in [0.15, 0.2) is 4.99 Å². The molecule has 0 saturated carbocycles. The van der Waals surface area contributed by atoms with Gasteiger partial charge in [0.25, 0.3) is 11.9 Å². The van der Waals surface area contributed by atoms with Gasteiger partial charge in [-0.25, -0.2) is 0 Å². The molecule has 0 fully saturated rings. The van der Waals surface area contributed by atoms with Crippen molar-refractivity contribution in [1.29, 1.82) is 0 Å². The summed E-state index contributed by atoms with van der Waals surface area (Å²) in [6.45, 7) is 8.15. The molecular weight excluding hydrogens is 387 g/mol. The van der Waals surface area contributed by atoms with Crippen molar-refractivity contribution in [2.75, 3.05) is 6.61 Å². The van der Waals surface area contributed by atoms with Gasteiger partial charge in [0.2, 0.25) is 10.3 Å². The molecule has 1 rings (SSSR count). The van der Waals surface area contributed by atoms with Crippen molar-refractivity contribution in [3.63, 3.8) is 0 Å². The van der Waals surface area contributed by atoms with Crippen LogP contribution in [0, 0.1) is 11.3 Å². The molecule has 0 aliphatic carbocycles. The summed E-state index contributed by atoms with van der Waals surface area (Å²) in [4.78, 5) is 27.2. The fraction of sp³-hybridized carbons (Fsp3) is 0.714. The van der Waals surface area contributed by atoms with Gasteiger partial charge in [0.05, 0.1) is 6.61 Å². The number of ether oxygens (including phenoxy) is 1. The van der Waals surface area contributed by atoms with Crippen LogP contribution in [0.3, 0.4) is 0 Å². The molecule has 1 heterocycles. The van der Waals surface area contributed by atoms with Crippen molar-refractivity contribution >= 4 is 114 Å². The van der Waals surface area contributed by atoms with Crippen LogP contribution in [0.4, 0.5) is 0 Å². The molecule has 0 saturated heterocycles. The molecule has 0 radical (unpaired) electrons. The second kappa shape index (κ2) is 15.2. The summed E-state index contributed by atoms with van der Waals surface area (Å²) in [6, 6.07) is -0.595. The number of aliphatic imine (C=N–C) groups is 1. The van der Waals surface area contributed by atoms with Crippen LogP contribution in [0.25, 0.3) is 0 Å². The van der Waals surface area contributed by atoms with Crippen molar-refractivity contribution < 1.29 is 19.4 Å². The first kappa shape index (κ1) is 29.9. The van der Waals surface area contributed by atoms with Gasteiger partial charge in [-0.15, -0.1) is 0 Å². The number of thiol groups is 1. The van der Waals surface area contributed by atoms with E-state index in [0.29, 0.717) is 17.4 Å². The van der Waals surface area contributed by atoms with Gasteiger partial charge in [0, 0.05) is 0 Å². The fourth-order valence-electron chi connectivity index (χ4n) is 2.43. The molecule has 132 valence electrons. The Labute approximate surface area is 206 Å². The summed E-state index contributed by atoms with van der Waals surface area (Å²) in [5.74, 6) is -1.04. The Morgan fingerprint density at radius 3 is 2.25 bits per heavy atom. The molecule has 1 aliphatic heterocycles. The molecule has 0 bridgehead atoms. The zero-order valence-electron chi connectivity index (χ0n) is 13.4. The quantitative estimate of drug-likeness (QED) is 0.271. The Morgan fingerprint density at radius 2 is 1.96 bits per heavy atom. The summed E-state index contributed by atoms with van der Waals surface area (Å²) < 4.78 is 4.95. The number of aliphatic hydroxyl groups is 1. The molecule has 6 nitrogen and oxygen atoms in total. The third-order valence-corrected chi connectivity index (χ3v) is 3.85. The van der Waals surface area contributed by atoms with Crippen LogP contribution < -0.4 is 5.32 Å². The minimum absolute atomic E-state index is 0. The third-order valence-electron chi connectivity index (χ3n) is 3.61. The van der Waals surface area contributed by atoms with Gasteiger partial charge in [-0.05, 0) is 37.9 Å². The van der Waals surface area contributed by atoms with Crippen LogP contribution in [0.1, 0.15) is 47.0 Å². The molecule has 1 aliphatic rings. The number of hydrogen-bond donors (Lipinski definition) is 3. The molecule has 2 unspecified atom stereocenters. The van der Waals surface area contributed by atoms with E-state index in [9.17, 15) is 9.59 Å². The van der Waals surface area contributed by atoms with Crippen LogP contribution in [0.5, 0.6) is 0 Å². The van der Waals surface area contributed by atoms with E-state index in [1.165, 1.54) is 0 Å². The van der Waals surface area contributed by atoms with E-state index in [0.717, 1.165) is 12.8 Å². The summed E-state index contributed by atoms with van der Waals surface area (Å²) in [5, 5.41) is 11.3. The van der Waals surface area contributed by atoms with Gasteiger partial charge < -0.3 is 9.84 Å². The number of carbonyl (C=O) groups is 2. The Balaban J connectivity index is -0.000000478. The topological polar surface area (TPSA) is 88.0 Å². The Morgan fingerprint density at radius 1 is 1.42 bits per heavy atom. The number of nitrogens with one attached hydrogen (secondary N) is 1. The van der Waals surface area contributed by atoms with Crippen molar-refractivity contribution in [3.05, 3.63) is 0 Å². The fourth-order valence-corrected chi connectivity index (χ4v) is 2.68. The number of amidine groups is 1. The standard InChI is InChI=1S/C11H18N2O3.C3H6OS2.Ca.Na.3H/c1-4-6-7(3)11(5-2)8(14)12-10(16)13-9(11)15;1-2-4-3(5)6;;;;;/h7H,4-6H2,1-3H3,(H2,12,13,14,15,16);2H2,1H3,(H,5,6);;;;;. The number of rotatable bonds is 5. The predicted octanol–water partition coefficient (Wildman–Crippen LogP) is 1.06. The van der Waals surface area contributed by atoms with Gasteiger partial charge in [0.15, 0.2) is 0 Å². The summed E-state index contributed by atoms with van der Waals surface area (Å²) in [6.07, 6.45) is 2.08. The van der Waals surface area contributed by atoms with E-state index in [2.05, 4.69) is 39.9 Å². The van der Waals surface area contributed by atoms with Crippen LogP contribution in [0.2, 0.25) is 0 Å². The molecule has 24 heavy (non-hydrogen) atoms. The van der Waals surface area contributed by atoms with Crippen LogP contribution >= 0.6 is 24.8 Å². The molecule has 0 aromatic carbocycles. The third kappa shape index (κ3) is 8.66. The zero-order chi connectivity index (χ0) is 17.3. The first-order chi connectivity index (χ1) is 10.3. The van der Waals surface area contributed by atoms with Gasteiger partial charge in [-0.1, -0.05) is 39.8 Å². The Kier molecular flexibility index (Phi) is 18.9. The number of nitrogens with zero attached hydrogens (tertiary/aromatic N) is 1. The van der Waals surface area contributed by atoms with E-state index in [4.69, 9.17) is 5.11 Å². The molecular formula is C14H27CaN2NaO4S2.